The third-order valence-corrected chi connectivity index (χ3v) is 4.02. The molecule has 0 amide bonds. The maximum Gasteiger partial charge on any atom is 0.265 e. The summed E-state index contributed by atoms with van der Waals surface area (Å²) >= 11 is 0. The van der Waals surface area contributed by atoms with E-state index in [2.05, 4.69) is 9.82 Å². The van der Waals surface area contributed by atoms with Gasteiger partial charge in [0.25, 0.3) is 10.0 Å². The highest BCUT2D eigenvalue weighted by molar-refractivity contribution is 7.92. The standard InChI is InChI=1S/C13H14N4O2S/c1-10(2)17-9-13(8-15-17)20(18,19)16-12-5-3-11(7-14)4-6-12/h3-6,8-10,16H,1-2H3. The molecule has 2 aromatic rings. The van der Waals surface area contributed by atoms with Crippen molar-refractivity contribution in [2.24, 2.45) is 0 Å². The number of nitrogens with zero attached hydrogens (tertiary/aromatic N) is 3. The lowest BCUT2D eigenvalue weighted by molar-refractivity contribution is 0.531. The molecule has 1 aromatic heterocycles. The molecule has 0 saturated heterocycles. The van der Waals surface area contributed by atoms with Gasteiger partial charge in [0.2, 0.25) is 0 Å². The zero-order valence-electron chi connectivity index (χ0n) is 11.1. The van der Waals surface area contributed by atoms with Crippen LogP contribution in [0.4, 0.5) is 5.69 Å². The van der Waals surface area contributed by atoms with Crippen LogP contribution in [-0.2, 0) is 10.0 Å². The number of hydrogen-bond acceptors (Lipinski definition) is 4. The van der Waals surface area contributed by atoms with Crippen LogP contribution in [0, 0.1) is 11.3 Å². The summed E-state index contributed by atoms with van der Waals surface area (Å²) in [5.41, 5.74) is 0.877. The lowest BCUT2D eigenvalue weighted by Gasteiger charge is -2.06. The molecule has 0 spiro atoms. The van der Waals surface area contributed by atoms with Crippen LogP contribution in [0.3, 0.4) is 0 Å². The molecule has 0 bridgehead atoms. The topological polar surface area (TPSA) is 87.8 Å². The molecule has 7 heteroatoms. The van der Waals surface area contributed by atoms with E-state index in [0.29, 0.717) is 11.3 Å². The van der Waals surface area contributed by atoms with Gasteiger partial charge in [-0.3, -0.25) is 9.40 Å². The van der Waals surface area contributed by atoms with E-state index < -0.39 is 10.0 Å². The van der Waals surface area contributed by atoms with Crippen LogP contribution in [0.25, 0.3) is 0 Å². The van der Waals surface area contributed by atoms with Crippen LogP contribution >= 0.6 is 0 Å². The lowest BCUT2D eigenvalue weighted by Crippen LogP contribution is -2.12. The van der Waals surface area contributed by atoms with E-state index in [9.17, 15) is 8.42 Å². The van der Waals surface area contributed by atoms with E-state index >= 15 is 0 Å². The third kappa shape index (κ3) is 2.97. The Balaban J connectivity index is 2.23. The van der Waals surface area contributed by atoms with Crippen LogP contribution in [-0.4, -0.2) is 18.2 Å². The zero-order chi connectivity index (χ0) is 14.8. The van der Waals surface area contributed by atoms with Crippen molar-refractivity contribution in [3.05, 3.63) is 42.2 Å². The van der Waals surface area contributed by atoms with Crippen molar-refractivity contribution in [1.82, 2.24) is 9.78 Å². The Kier molecular flexibility index (Phi) is 3.77. The Labute approximate surface area is 117 Å². The second kappa shape index (κ2) is 5.35. The molecule has 0 aliphatic rings. The van der Waals surface area contributed by atoms with Gasteiger partial charge in [-0.1, -0.05) is 0 Å². The van der Waals surface area contributed by atoms with Gasteiger partial charge >= 0.3 is 0 Å². The first kappa shape index (κ1) is 14.1. The highest BCUT2D eigenvalue weighted by Crippen LogP contribution is 2.17. The summed E-state index contributed by atoms with van der Waals surface area (Å²) in [6.07, 6.45) is 2.79. The predicted octanol–water partition coefficient (Wildman–Crippen LogP) is 2.14. The van der Waals surface area contributed by atoms with Crippen molar-refractivity contribution in [2.75, 3.05) is 4.72 Å². The highest BCUT2D eigenvalue weighted by Gasteiger charge is 2.17. The van der Waals surface area contributed by atoms with E-state index in [4.69, 9.17) is 5.26 Å². The van der Waals surface area contributed by atoms with Crippen LogP contribution in [0.5, 0.6) is 0 Å². The molecule has 0 atom stereocenters. The van der Waals surface area contributed by atoms with Gasteiger partial charge in [0, 0.05) is 17.9 Å². The highest BCUT2D eigenvalue weighted by atomic mass is 32.2. The van der Waals surface area contributed by atoms with Gasteiger partial charge in [-0.15, -0.1) is 0 Å². The summed E-state index contributed by atoms with van der Waals surface area (Å²) in [5.74, 6) is 0. The van der Waals surface area contributed by atoms with Gasteiger partial charge in [-0.2, -0.15) is 10.4 Å². The normalized spacial score (nSPS) is 11.3. The van der Waals surface area contributed by atoms with E-state index in [-0.39, 0.29) is 10.9 Å². The Morgan fingerprint density at radius 2 is 1.95 bits per heavy atom. The van der Waals surface area contributed by atoms with Gasteiger partial charge in [0.05, 0.1) is 17.8 Å². The molecule has 0 fully saturated rings. The van der Waals surface area contributed by atoms with Gasteiger partial charge in [-0.25, -0.2) is 8.42 Å². The van der Waals surface area contributed by atoms with Crippen molar-refractivity contribution in [1.29, 1.82) is 5.26 Å². The summed E-state index contributed by atoms with van der Waals surface area (Å²) in [4.78, 5) is 0.107. The SMILES string of the molecule is CC(C)n1cc(S(=O)(=O)Nc2ccc(C#N)cc2)cn1. The van der Waals surface area contributed by atoms with Crippen LogP contribution < -0.4 is 4.72 Å². The van der Waals surface area contributed by atoms with Crippen molar-refractivity contribution >= 4 is 15.7 Å². The largest absolute Gasteiger partial charge is 0.280 e. The minimum atomic E-state index is -3.66. The quantitative estimate of drug-likeness (QED) is 0.934. The summed E-state index contributed by atoms with van der Waals surface area (Å²) < 4.78 is 28.3. The Morgan fingerprint density at radius 3 is 2.45 bits per heavy atom. The first-order chi connectivity index (χ1) is 9.42. The first-order valence-electron chi connectivity index (χ1n) is 5.99. The van der Waals surface area contributed by atoms with Crippen LogP contribution in [0.1, 0.15) is 25.5 Å². The Morgan fingerprint density at radius 1 is 1.30 bits per heavy atom. The molecule has 2 rings (SSSR count). The number of nitrogens with one attached hydrogen (secondary N) is 1. The molecule has 0 radical (unpaired) electrons. The van der Waals surface area contributed by atoms with Crippen molar-refractivity contribution in [3.8, 4) is 6.07 Å². The fourth-order valence-electron chi connectivity index (χ4n) is 1.57. The summed E-state index contributed by atoms with van der Waals surface area (Å²) in [6, 6.07) is 8.26. The Bertz CT molecular complexity index is 739. The number of rotatable bonds is 4. The molecular formula is C13H14N4O2S. The number of benzene rings is 1. The maximum atomic E-state index is 12.2. The summed E-state index contributed by atoms with van der Waals surface area (Å²) in [7, 11) is -3.66. The Hall–Kier alpha value is -2.33. The second-order valence-corrected chi connectivity index (χ2v) is 6.23. The molecule has 1 heterocycles. The van der Waals surface area contributed by atoms with Gasteiger partial charge in [0.1, 0.15) is 4.90 Å². The fourth-order valence-corrected chi connectivity index (χ4v) is 2.57. The molecule has 1 N–H and O–H groups in total. The van der Waals surface area contributed by atoms with Crippen molar-refractivity contribution in [3.63, 3.8) is 0 Å². The van der Waals surface area contributed by atoms with Gasteiger partial charge in [-0.05, 0) is 38.1 Å². The zero-order valence-corrected chi connectivity index (χ0v) is 11.9. The van der Waals surface area contributed by atoms with Crippen LogP contribution in [0.2, 0.25) is 0 Å². The maximum absolute atomic E-state index is 12.2. The number of hydrogen-bond donors (Lipinski definition) is 1. The molecular weight excluding hydrogens is 276 g/mol. The number of sulfonamides is 1. The van der Waals surface area contributed by atoms with Gasteiger partial charge in [0.15, 0.2) is 0 Å². The number of aromatic nitrogens is 2. The molecule has 0 aliphatic heterocycles. The average molecular weight is 290 g/mol. The predicted molar refractivity (Wildman–Crippen MR) is 74.6 cm³/mol. The fraction of sp³-hybridized carbons (Fsp3) is 0.231. The number of anilines is 1. The monoisotopic (exact) mass is 290 g/mol. The molecule has 20 heavy (non-hydrogen) atoms. The summed E-state index contributed by atoms with van der Waals surface area (Å²) in [6.45, 7) is 3.83. The van der Waals surface area contributed by atoms with E-state index in [1.54, 1.807) is 28.9 Å². The van der Waals surface area contributed by atoms with Crippen molar-refractivity contribution < 1.29 is 8.42 Å². The lowest BCUT2D eigenvalue weighted by atomic mass is 10.2. The molecule has 0 unspecified atom stereocenters. The van der Waals surface area contributed by atoms with Gasteiger partial charge < -0.3 is 0 Å². The molecule has 6 nitrogen and oxygen atoms in total. The smallest absolute Gasteiger partial charge is 0.265 e. The van der Waals surface area contributed by atoms with E-state index in [0.717, 1.165) is 0 Å². The van der Waals surface area contributed by atoms with E-state index in [1.165, 1.54) is 12.4 Å². The molecule has 1 aromatic carbocycles. The minimum absolute atomic E-state index is 0.0915. The summed E-state index contributed by atoms with van der Waals surface area (Å²) in [5, 5.41) is 12.7. The van der Waals surface area contributed by atoms with E-state index in [1.807, 2.05) is 19.9 Å². The van der Waals surface area contributed by atoms with Crippen molar-refractivity contribution in [2.45, 2.75) is 24.8 Å². The average Bonchev–Trinajstić information content (AvgIpc) is 2.90. The molecule has 0 saturated carbocycles. The minimum Gasteiger partial charge on any atom is -0.280 e. The molecule has 0 aliphatic carbocycles. The molecule has 104 valence electrons. The first-order valence-corrected chi connectivity index (χ1v) is 7.48. The second-order valence-electron chi connectivity index (χ2n) is 4.54. The third-order valence-electron chi connectivity index (χ3n) is 2.68. The van der Waals surface area contributed by atoms with Crippen LogP contribution in [0.15, 0.2) is 41.6 Å². The number of nitriles is 1.